The van der Waals surface area contributed by atoms with Gasteiger partial charge in [0, 0.05) is 0 Å². The van der Waals surface area contributed by atoms with Gasteiger partial charge >= 0.3 is 0 Å². The zero-order chi connectivity index (χ0) is 14.4. The van der Waals surface area contributed by atoms with Crippen LogP contribution in [0.15, 0.2) is 24.3 Å². The van der Waals surface area contributed by atoms with Gasteiger partial charge in [-0.1, -0.05) is 38.2 Å². The highest BCUT2D eigenvalue weighted by Gasteiger charge is 2.46. The quantitative estimate of drug-likeness (QED) is 0.558. The summed E-state index contributed by atoms with van der Waals surface area (Å²) in [6.45, 7) is 5.09. The lowest BCUT2D eigenvalue weighted by Crippen LogP contribution is -2.25. The maximum Gasteiger partial charge on any atom is -0.0174 e. The van der Waals surface area contributed by atoms with E-state index in [2.05, 4.69) is 38.2 Å². The van der Waals surface area contributed by atoms with Gasteiger partial charge in [-0.05, 0) is 92.3 Å². The van der Waals surface area contributed by atoms with Crippen LogP contribution in [-0.4, -0.2) is 0 Å². The average molecular weight is 284 g/mol. The third-order valence-corrected chi connectivity index (χ3v) is 7.56. The fraction of sp³-hybridized carbons (Fsp3) is 0.810. The van der Waals surface area contributed by atoms with Gasteiger partial charge in [0.2, 0.25) is 0 Å². The van der Waals surface area contributed by atoms with E-state index in [0.29, 0.717) is 0 Å². The summed E-state index contributed by atoms with van der Waals surface area (Å²) in [6.07, 6.45) is 20.3. The van der Waals surface area contributed by atoms with Crippen molar-refractivity contribution in [3.05, 3.63) is 24.3 Å². The van der Waals surface area contributed by atoms with Crippen molar-refractivity contribution < 1.29 is 0 Å². The van der Waals surface area contributed by atoms with E-state index in [9.17, 15) is 0 Å². The predicted octanol–water partition coefficient (Wildman–Crippen LogP) is 5.85. The Morgan fingerprint density at radius 3 is 1.71 bits per heavy atom. The second-order valence-corrected chi connectivity index (χ2v) is 8.68. The Kier molecular flexibility index (Phi) is 3.76. The topological polar surface area (TPSA) is 0 Å². The summed E-state index contributed by atoms with van der Waals surface area (Å²) in [5, 5.41) is 0. The molecule has 0 bridgehead atoms. The lowest BCUT2D eigenvalue weighted by molar-refractivity contribution is 0.212. The number of hydrogen-bond donors (Lipinski definition) is 0. The number of rotatable bonds is 2. The van der Waals surface area contributed by atoms with Crippen molar-refractivity contribution in [1.82, 2.24) is 0 Å². The van der Waals surface area contributed by atoms with Crippen LogP contribution in [0.1, 0.15) is 58.8 Å². The molecule has 0 amide bonds. The van der Waals surface area contributed by atoms with Crippen LogP contribution in [0.2, 0.25) is 0 Å². The molecule has 21 heavy (non-hydrogen) atoms. The molecule has 8 unspecified atom stereocenters. The highest BCUT2D eigenvalue weighted by Crippen LogP contribution is 2.54. The Bertz CT molecular complexity index is 391. The molecular weight excluding hydrogens is 252 g/mol. The molecule has 116 valence electrons. The van der Waals surface area contributed by atoms with Gasteiger partial charge in [-0.25, -0.2) is 0 Å². The molecular formula is C21H32. The summed E-state index contributed by atoms with van der Waals surface area (Å²) in [7, 11) is 0. The first-order valence-electron chi connectivity index (χ1n) is 9.57. The smallest absolute Gasteiger partial charge is 0.0174 e. The molecule has 4 rings (SSSR count). The molecule has 0 aromatic carbocycles. The van der Waals surface area contributed by atoms with Gasteiger partial charge in [-0.15, -0.1) is 0 Å². The average Bonchev–Trinajstić information content (AvgIpc) is 2.97. The van der Waals surface area contributed by atoms with E-state index >= 15 is 0 Å². The highest BCUT2D eigenvalue weighted by atomic mass is 14.5. The molecule has 0 nitrogen and oxygen atoms in total. The van der Waals surface area contributed by atoms with Gasteiger partial charge in [0.05, 0.1) is 0 Å². The van der Waals surface area contributed by atoms with Gasteiger partial charge in [0.25, 0.3) is 0 Å². The normalized spacial score (nSPS) is 51.9. The third-order valence-electron chi connectivity index (χ3n) is 7.56. The number of allylic oxidation sites excluding steroid dienone is 4. The maximum absolute atomic E-state index is 2.61. The first kappa shape index (κ1) is 14.1. The Morgan fingerprint density at radius 2 is 1.24 bits per heavy atom. The molecule has 2 fully saturated rings. The molecule has 0 N–H and O–H groups in total. The largest absolute Gasteiger partial charge is 0.0882 e. The van der Waals surface area contributed by atoms with E-state index in [0.717, 1.165) is 47.3 Å². The molecule has 4 aliphatic rings. The Hall–Kier alpha value is -0.520. The van der Waals surface area contributed by atoms with E-state index in [-0.39, 0.29) is 0 Å². The van der Waals surface area contributed by atoms with Gasteiger partial charge in [0.15, 0.2) is 0 Å². The van der Waals surface area contributed by atoms with Gasteiger partial charge in [-0.3, -0.25) is 0 Å². The van der Waals surface area contributed by atoms with Crippen LogP contribution >= 0.6 is 0 Å². The van der Waals surface area contributed by atoms with Crippen LogP contribution in [0, 0.1) is 47.3 Å². The molecule has 0 spiro atoms. The van der Waals surface area contributed by atoms with Gasteiger partial charge < -0.3 is 0 Å². The zero-order valence-corrected chi connectivity index (χ0v) is 13.9. The van der Waals surface area contributed by atoms with E-state index in [1.165, 1.54) is 44.9 Å². The molecule has 2 saturated carbocycles. The minimum absolute atomic E-state index is 0.924. The van der Waals surface area contributed by atoms with Crippen LogP contribution in [0.5, 0.6) is 0 Å². The van der Waals surface area contributed by atoms with Crippen LogP contribution in [0.4, 0.5) is 0 Å². The number of hydrogen-bond acceptors (Lipinski definition) is 0. The predicted molar refractivity (Wildman–Crippen MR) is 89.9 cm³/mol. The highest BCUT2D eigenvalue weighted by molar-refractivity contribution is 5.09. The standard InChI is InChI=1S/C21H32/c1-14-11-16-7-3-5-9-18(16)20(14)13-21-15(2)12-17-8-4-6-10-19(17)21/h5-6,9-10,14-21H,3-4,7-8,11-13H2,1-2H3. The summed E-state index contributed by atoms with van der Waals surface area (Å²) in [4.78, 5) is 0. The molecule has 0 aliphatic heterocycles. The molecule has 0 heteroatoms. The van der Waals surface area contributed by atoms with Crippen molar-refractivity contribution >= 4 is 0 Å². The second-order valence-electron chi connectivity index (χ2n) is 8.68. The van der Waals surface area contributed by atoms with Crippen molar-refractivity contribution in [2.75, 3.05) is 0 Å². The van der Waals surface area contributed by atoms with Crippen LogP contribution in [-0.2, 0) is 0 Å². The van der Waals surface area contributed by atoms with Crippen LogP contribution < -0.4 is 0 Å². The molecule has 0 heterocycles. The summed E-state index contributed by atoms with van der Waals surface area (Å²) in [5.41, 5.74) is 0. The molecule has 8 atom stereocenters. The summed E-state index contributed by atoms with van der Waals surface area (Å²) in [5.74, 6) is 7.76. The Morgan fingerprint density at radius 1 is 0.762 bits per heavy atom. The van der Waals surface area contributed by atoms with E-state index in [4.69, 9.17) is 0 Å². The molecule has 4 aliphatic carbocycles. The van der Waals surface area contributed by atoms with E-state index < -0.39 is 0 Å². The summed E-state index contributed by atoms with van der Waals surface area (Å²) >= 11 is 0. The van der Waals surface area contributed by atoms with Crippen molar-refractivity contribution in [3.63, 3.8) is 0 Å². The fourth-order valence-corrected chi connectivity index (χ4v) is 6.52. The van der Waals surface area contributed by atoms with Crippen molar-refractivity contribution in [1.29, 1.82) is 0 Å². The van der Waals surface area contributed by atoms with Crippen molar-refractivity contribution in [2.24, 2.45) is 47.3 Å². The second kappa shape index (κ2) is 5.60. The first-order chi connectivity index (χ1) is 10.2. The minimum Gasteiger partial charge on any atom is -0.0882 e. The van der Waals surface area contributed by atoms with Gasteiger partial charge in [0.1, 0.15) is 0 Å². The van der Waals surface area contributed by atoms with Crippen molar-refractivity contribution in [2.45, 2.75) is 58.8 Å². The molecule has 0 saturated heterocycles. The Balaban J connectivity index is 1.52. The Labute approximate surface area is 131 Å². The fourth-order valence-electron chi connectivity index (χ4n) is 6.52. The molecule has 0 aromatic rings. The third kappa shape index (κ3) is 2.43. The van der Waals surface area contributed by atoms with E-state index in [1.807, 2.05) is 0 Å². The lowest BCUT2D eigenvalue weighted by atomic mass is 9.72. The SMILES string of the molecule is CC1CC2CCC=CC2C1CC1C(C)CC2CCC=CC21. The van der Waals surface area contributed by atoms with Gasteiger partial charge in [-0.2, -0.15) is 0 Å². The summed E-state index contributed by atoms with van der Waals surface area (Å²) in [6, 6.07) is 0. The molecule has 0 aromatic heterocycles. The lowest BCUT2D eigenvalue weighted by Gasteiger charge is -2.32. The zero-order valence-electron chi connectivity index (χ0n) is 13.9. The number of fused-ring (bicyclic) bond motifs is 2. The maximum atomic E-state index is 2.61. The monoisotopic (exact) mass is 284 g/mol. The van der Waals surface area contributed by atoms with E-state index in [1.54, 1.807) is 0 Å². The summed E-state index contributed by atoms with van der Waals surface area (Å²) < 4.78 is 0. The first-order valence-corrected chi connectivity index (χ1v) is 9.57. The van der Waals surface area contributed by atoms with Crippen molar-refractivity contribution in [3.8, 4) is 0 Å². The molecule has 0 radical (unpaired) electrons. The van der Waals surface area contributed by atoms with Crippen LogP contribution in [0.3, 0.4) is 0 Å². The minimum atomic E-state index is 0.924. The van der Waals surface area contributed by atoms with Crippen LogP contribution in [0.25, 0.3) is 0 Å².